The van der Waals surface area contributed by atoms with Crippen LogP contribution in [0.2, 0.25) is 5.02 Å². The van der Waals surface area contributed by atoms with Gasteiger partial charge < -0.3 is 9.84 Å². The molecule has 0 amide bonds. The van der Waals surface area contributed by atoms with Gasteiger partial charge in [0, 0.05) is 11.0 Å². The normalized spacial score (nSPS) is 11.7. The Kier molecular flexibility index (Phi) is 4.86. The zero-order chi connectivity index (χ0) is 14.8. The van der Waals surface area contributed by atoms with Gasteiger partial charge in [-0.25, -0.2) is 0 Å². The number of carbonyl (C=O) groups is 1. The molecule has 1 rings (SSSR count). The number of methoxy groups -OCH3 is 1. The topological polar surface area (TPSA) is 46.5 Å². The predicted octanol–water partition coefficient (Wildman–Crippen LogP) is 4.22. The summed E-state index contributed by atoms with van der Waals surface area (Å²) in [5.74, 6) is 0.0539. The first kappa shape index (κ1) is 15.8. The zero-order valence-corrected chi connectivity index (χ0v) is 12.8. The standard InChI is InChI=1S/C15H21ClO3/c1-9(2)10-6-11(14(19-5)12(16)7-10)15(3,4)8-13(17)18/h6-7,9H,8H2,1-5H3,(H,17,18). The minimum absolute atomic E-state index is 0.0290. The van der Waals surface area contributed by atoms with Crippen LogP contribution in [0.5, 0.6) is 5.75 Å². The van der Waals surface area contributed by atoms with Crippen molar-refractivity contribution in [2.24, 2.45) is 0 Å². The predicted molar refractivity (Wildman–Crippen MR) is 77.4 cm³/mol. The fraction of sp³-hybridized carbons (Fsp3) is 0.533. The number of hydrogen-bond acceptors (Lipinski definition) is 2. The molecule has 0 spiro atoms. The lowest BCUT2D eigenvalue weighted by molar-refractivity contribution is -0.138. The number of ether oxygens (including phenoxy) is 1. The average molecular weight is 285 g/mol. The van der Waals surface area contributed by atoms with Gasteiger partial charge in [0.2, 0.25) is 0 Å². The van der Waals surface area contributed by atoms with Gasteiger partial charge in [-0.3, -0.25) is 4.79 Å². The van der Waals surface area contributed by atoms with E-state index >= 15 is 0 Å². The molecule has 0 fully saturated rings. The van der Waals surface area contributed by atoms with E-state index in [9.17, 15) is 4.79 Å². The molecule has 19 heavy (non-hydrogen) atoms. The third kappa shape index (κ3) is 3.63. The Labute approximate surface area is 119 Å². The zero-order valence-electron chi connectivity index (χ0n) is 12.1. The molecule has 0 unspecified atom stereocenters. The maximum Gasteiger partial charge on any atom is 0.304 e. The van der Waals surface area contributed by atoms with Crippen LogP contribution in [0, 0.1) is 0 Å². The highest BCUT2D eigenvalue weighted by atomic mass is 35.5. The molecule has 0 bridgehead atoms. The van der Waals surface area contributed by atoms with E-state index in [2.05, 4.69) is 13.8 Å². The van der Waals surface area contributed by atoms with Crippen molar-refractivity contribution in [2.45, 2.75) is 45.4 Å². The smallest absolute Gasteiger partial charge is 0.304 e. The van der Waals surface area contributed by atoms with Crippen molar-refractivity contribution in [2.75, 3.05) is 7.11 Å². The Morgan fingerprint density at radius 3 is 2.42 bits per heavy atom. The van der Waals surface area contributed by atoms with E-state index in [1.54, 1.807) is 7.11 Å². The first-order valence-corrected chi connectivity index (χ1v) is 6.66. The highest BCUT2D eigenvalue weighted by molar-refractivity contribution is 6.32. The van der Waals surface area contributed by atoms with Gasteiger partial charge in [0.15, 0.2) is 0 Å². The van der Waals surface area contributed by atoms with Gasteiger partial charge in [0.05, 0.1) is 18.6 Å². The van der Waals surface area contributed by atoms with Crippen molar-refractivity contribution in [3.63, 3.8) is 0 Å². The van der Waals surface area contributed by atoms with E-state index in [0.717, 1.165) is 11.1 Å². The molecular formula is C15H21ClO3. The van der Waals surface area contributed by atoms with Crippen molar-refractivity contribution in [3.8, 4) is 5.75 Å². The number of aliphatic carboxylic acids is 1. The Morgan fingerprint density at radius 1 is 1.42 bits per heavy atom. The number of halogens is 1. The molecule has 0 heterocycles. The molecule has 0 saturated carbocycles. The van der Waals surface area contributed by atoms with Crippen molar-refractivity contribution in [3.05, 3.63) is 28.3 Å². The highest BCUT2D eigenvalue weighted by Crippen LogP contribution is 2.40. The lowest BCUT2D eigenvalue weighted by Crippen LogP contribution is -2.23. The van der Waals surface area contributed by atoms with Gasteiger partial charge in [0.1, 0.15) is 5.75 Å². The highest BCUT2D eigenvalue weighted by Gasteiger charge is 2.29. The van der Waals surface area contributed by atoms with Crippen LogP contribution in [0.4, 0.5) is 0 Å². The summed E-state index contributed by atoms with van der Waals surface area (Å²) < 4.78 is 5.35. The second-order valence-corrected chi connectivity index (χ2v) is 6.10. The van der Waals surface area contributed by atoms with Crippen LogP contribution >= 0.6 is 11.6 Å². The SMILES string of the molecule is COc1c(Cl)cc(C(C)C)cc1C(C)(C)CC(=O)O. The molecular weight excluding hydrogens is 264 g/mol. The fourth-order valence-corrected chi connectivity index (χ4v) is 2.44. The molecule has 4 heteroatoms. The van der Waals surface area contributed by atoms with Crippen LogP contribution in [0.25, 0.3) is 0 Å². The maximum absolute atomic E-state index is 11.0. The van der Waals surface area contributed by atoms with E-state index < -0.39 is 11.4 Å². The third-order valence-corrected chi connectivity index (χ3v) is 3.54. The Hall–Kier alpha value is -1.22. The molecule has 1 aromatic rings. The van der Waals surface area contributed by atoms with Crippen LogP contribution in [0.3, 0.4) is 0 Å². The van der Waals surface area contributed by atoms with Gasteiger partial charge in [-0.2, -0.15) is 0 Å². The maximum atomic E-state index is 11.0. The lowest BCUT2D eigenvalue weighted by Gasteiger charge is -2.27. The molecule has 0 saturated heterocycles. The number of carboxylic acid groups (broad SMARTS) is 1. The van der Waals surface area contributed by atoms with Gasteiger partial charge in [0.25, 0.3) is 0 Å². The molecule has 3 nitrogen and oxygen atoms in total. The molecule has 106 valence electrons. The van der Waals surface area contributed by atoms with Crippen molar-refractivity contribution >= 4 is 17.6 Å². The molecule has 0 radical (unpaired) electrons. The van der Waals surface area contributed by atoms with Gasteiger partial charge in [-0.1, -0.05) is 45.4 Å². The monoisotopic (exact) mass is 284 g/mol. The van der Waals surface area contributed by atoms with Gasteiger partial charge >= 0.3 is 5.97 Å². The van der Waals surface area contributed by atoms with Crippen molar-refractivity contribution < 1.29 is 14.6 Å². The van der Waals surface area contributed by atoms with E-state index in [0.29, 0.717) is 16.7 Å². The number of hydrogen-bond donors (Lipinski definition) is 1. The Morgan fingerprint density at radius 2 is 2.00 bits per heavy atom. The summed E-state index contributed by atoms with van der Waals surface area (Å²) in [6.45, 7) is 7.93. The van der Waals surface area contributed by atoms with Crippen LogP contribution in [0.15, 0.2) is 12.1 Å². The molecule has 0 aromatic heterocycles. The van der Waals surface area contributed by atoms with E-state index in [4.69, 9.17) is 21.4 Å². The van der Waals surface area contributed by atoms with E-state index in [-0.39, 0.29) is 6.42 Å². The minimum atomic E-state index is -0.835. The number of benzene rings is 1. The third-order valence-electron chi connectivity index (χ3n) is 3.26. The minimum Gasteiger partial charge on any atom is -0.495 e. The summed E-state index contributed by atoms with van der Waals surface area (Å²) in [5, 5.41) is 9.58. The van der Waals surface area contributed by atoms with Gasteiger partial charge in [-0.15, -0.1) is 0 Å². The second kappa shape index (κ2) is 5.83. The largest absolute Gasteiger partial charge is 0.495 e. The number of rotatable bonds is 5. The Bertz CT molecular complexity index is 479. The lowest BCUT2D eigenvalue weighted by atomic mass is 9.79. The first-order chi connectivity index (χ1) is 8.69. The summed E-state index contributed by atoms with van der Waals surface area (Å²) in [5.41, 5.74) is 1.39. The summed E-state index contributed by atoms with van der Waals surface area (Å²) in [7, 11) is 1.55. The van der Waals surface area contributed by atoms with E-state index in [1.165, 1.54) is 0 Å². The fourth-order valence-electron chi connectivity index (χ4n) is 2.13. The van der Waals surface area contributed by atoms with E-state index in [1.807, 2.05) is 26.0 Å². The summed E-state index contributed by atoms with van der Waals surface area (Å²) in [6, 6.07) is 3.88. The number of carboxylic acids is 1. The molecule has 0 aliphatic heterocycles. The van der Waals surface area contributed by atoms with Crippen LogP contribution in [0.1, 0.15) is 51.2 Å². The van der Waals surface area contributed by atoms with Gasteiger partial charge in [-0.05, 0) is 17.5 Å². The van der Waals surface area contributed by atoms with Crippen LogP contribution in [-0.4, -0.2) is 18.2 Å². The molecule has 0 aliphatic rings. The second-order valence-electron chi connectivity index (χ2n) is 5.69. The molecule has 0 atom stereocenters. The molecule has 1 aromatic carbocycles. The summed E-state index contributed by atoms with van der Waals surface area (Å²) >= 11 is 6.25. The first-order valence-electron chi connectivity index (χ1n) is 6.28. The van der Waals surface area contributed by atoms with Crippen molar-refractivity contribution in [1.29, 1.82) is 0 Å². The summed E-state index contributed by atoms with van der Waals surface area (Å²) in [4.78, 5) is 11.0. The molecule has 1 N–H and O–H groups in total. The molecule has 0 aliphatic carbocycles. The average Bonchev–Trinajstić information content (AvgIpc) is 2.25. The Balaban J connectivity index is 3.42. The van der Waals surface area contributed by atoms with Crippen LogP contribution in [-0.2, 0) is 10.2 Å². The van der Waals surface area contributed by atoms with Crippen LogP contribution < -0.4 is 4.74 Å². The summed E-state index contributed by atoms with van der Waals surface area (Å²) in [6.07, 6.45) is 0.0290. The van der Waals surface area contributed by atoms with Crippen molar-refractivity contribution in [1.82, 2.24) is 0 Å². The quantitative estimate of drug-likeness (QED) is 0.880.